The highest BCUT2D eigenvalue weighted by atomic mass is 32.1. The number of methoxy groups -OCH3 is 2. The Morgan fingerprint density at radius 2 is 1.82 bits per heavy atom. The molecule has 6 nitrogen and oxygen atoms in total. The highest BCUT2D eigenvalue weighted by Gasteiger charge is 2.14. The van der Waals surface area contributed by atoms with Crippen LogP contribution in [0.15, 0.2) is 53.9 Å². The molecule has 0 radical (unpaired) electrons. The number of aromatic nitrogens is 1. The van der Waals surface area contributed by atoms with Gasteiger partial charge in [-0.3, -0.25) is 9.59 Å². The third-order valence-electron chi connectivity index (χ3n) is 4.11. The van der Waals surface area contributed by atoms with Crippen LogP contribution in [0.3, 0.4) is 0 Å². The van der Waals surface area contributed by atoms with Gasteiger partial charge < -0.3 is 14.8 Å². The van der Waals surface area contributed by atoms with Crippen molar-refractivity contribution >= 4 is 28.2 Å². The maximum absolute atomic E-state index is 12.2. The van der Waals surface area contributed by atoms with Crippen LogP contribution in [0.2, 0.25) is 0 Å². The van der Waals surface area contributed by atoms with Gasteiger partial charge in [0.15, 0.2) is 10.9 Å². The Balaban J connectivity index is 1.63. The Morgan fingerprint density at radius 3 is 2.54 bits per heavy atom. The van der Waals surface area contributed by atoms with Crippen molar-refractivity contribution in [2.45, 2.75) is 12.8 Å². The SMILES string of the molecule is COc1ccc(OC)c(-c2csc(NC(=O)CCC(=O)c3ccccc3)n2)c1. The van der Waals surface area contributed by atoms with E-state index in [-0.39, 0.29) is 24.5 Å². The summed E-state index contributed by atoms with van der Waals surface area (Å²) in [4.78, 5) is 28.7. The summed E-state index contributed by atoms with van der Waals surface area (Å²) in [6.07, 6.45) is 0.253. The van der Waals surface area contributed by atoms with Gasteiger partial charge in [-0.25, -0.2) is 4.98 Å². The van der Waals surface area contributed by atoms with Crippen molar-refractivity contribution in [3.8, 4) is 22.8 Å². The van der Waals surface area contributed by atoms with E-state index in [0.29, 0.717) is 27.9 Å². The van der Waals surface area contributed by atoms with E-state index >= 15 is 0 Å². The fraction of sp³-hybridized carbons (Fsp3) is 0.190. The zero-order valence-corrected chi connectivity index (χ0v) is 16.4. The summed E-state index contributed by atoms with van der Waals surface area (Å²) < 4.78 is 10.6. The molecular weight excluding hydrogens is 376 g/mol. The molecule has 7 heteroatoms. The van der Waals surface area contributed by atoms with Crippen LogP contribution >= 0.6 is 11.3 Å². The normalized spacial score (nSPS) is 10.4. The molecule has 1 heterocycles. The topological polar surface area (TPSA) is 77.5 Å². The van der Waals surface area contributed by atoms with Crippen molar-refractivity contribution in [2.75, 3.05) is 19.5 Å². The zero-order chi connectivity index (χ0) is 19.9. The van der Waals surface area contributed by atoms with Gasteiger partial charge in [-0.2, -0.15) is 0 Å². The Kier molecular flexibility index (Phi) is 6.39. The van der Waals surface area contributed by atoms with E-state index < -0.39 is 0 Å². The van der Waals surface area contributed by atoms with Crippen molar-refractivity contribution in [3.05, 3.63) is 59.5 Å². The van der Waals surface area contributed by atoms with Crippen LogP contribution in [-0.2, 0) is 4.79 Å². The Bertz CT molecular complexity index is 970. The van der Waals surface area contributed by atoms with Crippen LogP contribution in [0, 0.1) is 0 Å². The molecule has 1 amide bonds. The van der Waals surface area contributed by atoms with Gasteiger partial charge in [0.2, 0.25) is 5.91 Å². The van der Waals surface area contributed by atoms with E-state index in [0.717, 1.165) is 5.56 Å². The standard InChI is InChI=1S/C21H20N2O4S/c1-26-15-8-10-19(27-2)16(12-15)17-13-28-21(22-17)23-20(25)11-9-18(24)14-6-4-3-5-7-14/h3-8,10,12-13H,9,11H2,1-2H3,(H,22,23,25). The molecule has 3 aromatic rings. The highest BCUT2D eigenvalue weighted by Crippen LogP contribution is 2.35. The number of Topliss-reactive ketones (excluding diaryl/α,β-unsaturated/α-hetero) is 1. The third-order valence-corrected chi connectivity index (χ3v) is 4.87. The van der Waals surface area contributed by atoms with Crippen LogP contribution in [-0.4, -0.2) is 30.9 Å². The van der Waals surface area contributed by atoms with E-state index in [9.17, 15) is 9.59 Å². The number of thiazole rings is 1. The van der Waals surface area contributed by atoms with Gasteiger partial charge in [-0.05, 0) is 18.2 Å². The molecule has 28 heavy (non-hydrogen) atoms. The molecule has 0 spiro atoms. The molecule has 0 aliphatic rings. The molecule has 1 aromatic heterocycles. The van der Waals surface area contributed by atoms with E-state index in [4.69, 9.17) is 9.47 Å². The number of ketones is 1. The average Bonchev–Trinajstić information content (AvgIpc) is 3.20. The van der Waals surface area contributed by atoms with Gasteiger partial charge in [0.1, 0.15) is 11.5 Å². The largest absolute Gasteiger partial charge is 0.497 e. The second-order valence-electron chi connectivity index (χ2n) is 5.94. The lowest BCUT2D eigenvalue weighted by atomic mass is 10.1. The number of nitrogens with one attached hydrogen (secondary N) is 1. The first kappa shape index (κ1) is 19.6. The number of benzene rings is 2. The lowest BCUT2D eigenvalue weighted by molar-refractivity contribution is -0.116. The number of ether oxygens (including phenoxy) is 2. The van der Waals surface area contributed by atoms with Gasteiger partial charge >= 0.3 is 0 Å². The number of hydrogen-bond donors (Lipinski definition) is 1. The Hall–Kier alpha value is -3.19. The first-order valence-corrected chi connectivity index (χ1v) is 9.54. The van der Waals surface area contributed by atoms with E-state index in [1.807, 2.05) is 17.5 Å². The number of nitrogens with zero attached hydrogens (tertiary/aromatic N) is 1. The lowest BCUT2D eigenvalue weighted by Crippen LogP contribution is -2.13. The minimum absolute atomic E-state index is 0.0586. The molecule has 0 aliphatic heterocycles. The van der Waals surface area contributed by atoms with Gasteiger partial charge in [0.25, 0.3) is 0 Å². The first-order valence-electron chi connectivity index (χ1n) is 8.66. The number of anilines is 1. The second kappa shape index (κ2) is 9.14. The van der Waals surface area contributed by atoms with Crippen molar-refractivity contribution in [2.24, 2.45) is 0 Å². The highest BCUT2D eigenvalue weighted by molar-refractivity contribution is 7.14. The molecular formula is C21H20N2O4S. The molecule has 0 aliphatic carbocycles. The summed E-state index contributed by atoms with van der Waals surface area (Å²) in [7, 11) is 3.18. The number of rotatable bonds is 8. The smallest absolute Gasteiger partial charge is 0.226 e. The summed E-state index contributed by atoms with van der Waals surface area (Å²) in [6, 6.07) is 14.4. The molecule has 0 bridgehead atoms. The van der Waals surface area contributed by atoms with E-state index in [1.165, 1.54) is 11.3 Å². The monoisotopic (exact) mass is 396 g/mol. The van der Waals surface area contributed by atoms with Crippen LogP contribution in [0.4, 0.5) is 5.13 Å². The molecule has 144 valence electrons. The van der Waals surface area contributed by atoms with E-state index in [2.05, 4.69) is 10.3 Å². The molecule has 2 aromatic carbocycles. The number of hydrogen-bond acceptors (Lipinski definition) is 6. The lowest BCUT2D eigenvalue weighted by Gasteiger charge is -2.08. The van der Waals surface area contributed by atoms with Crippen molar-refractivity contribution in [3.63, 3.8) is 0 Å². The zero-order valence-electron chi connectivity index (χ0n) is 15.6. The molecule has 3 rings (SSSR count). The van der Waals surface area contributed by atoms with Gasteiger partial charge in [0, 0.05) is 29.3 Å². The Morgan fingerprint density at radius 1 is 1.04 bits per heavy atom. The first-order chi connectivity index (χ1) is 13.6. The quantitative estimate of drug-likeness (QED) is 0.570. The minimum Gasteiger partial charge on any atom is -0.497 e. The molecule has 0 saturated carbocycles. The van der Waals surface area contributed by atoms with Gasteiger partial charge in [0.05, 0.1) is 19.9 Å². The molecule has 0 atom stereocenters. The molecule has 0 unspecified atom stereocenters. The van der Waals surface area contributed by atoms with E-state index in [1.54, 1.807) is 50.6 Å². The molecule has 1 N–H and O–H groups in total. The van der Waals surface area contributed by atoms with Gasteiger partial charge in [-0.15, -0.1) is 11.3 Å². The predicted octanol–water partition coefficient (Wildman–Crippen LogP) is 4.43. The minimum atomic E-state index is -0.247. The predicted molar refractivity (Wildman–Crippen MR) is 109 cm³/mol. The molecule has 0 fully saturated rings. The maximum atomic E-state index is 12.2. The number of amides is 1. The van der Waals surface area contributed by atoms with Crippen LogP contribution < -0.4 is 14.8 Å². The summed E-state index contributed by atoms with van der Waals surface area (Å²) >= 11 is 1.31. The molecule has 0 saturated heterocycles. The van der Waals surface area contributed by atoms with Crippen molar-refractivity contribution in [1.82, 2.24) is 4.98 Å². The van der Waals surface area contributed by atoms with Crippen LogP contribution in [0.1, 0.15) is 23.2 Å². The fourth-order valence-corrected chi connectivity index (χ4v) is 3.37. The van der Waals surface area contributed by atoms with Crippen LogP contribution in [0.5, 0.6) is 11.5 Å². The number of carbonyl (C=O) groups excluding carboxylic acids is 2. The summed E-state index contributed by atoms with van der Waals surface area (Å²) in [5, 5.41) is 5.05. The summed E-state index contributed by atoms with van der Waals surface area (Å²) in [6.45, 7) is 0. The van der Waals surface area contributed by atoms with Crippen LogP contribution in [0.25, 0.3) is 11.3 Å². The number of carbonyl (C=O) groups is 2. The second-order valence-corrected chi connectivity index (χ2v) is 6.80. The summed E-state index contributed by atoms with van der Waals surface area (Å²) in [5.41, 5.74) is 2.06. The fourth-order valence-electron chi connectivity index (χ4n) is 2.65. The third kappa shape index (κ3) is 4.75. The van der Waals surface area contributed by atoms with Crippen molar-refractivity contribution in [1.29, 1.82) is 0 Å². The van der Waals surface area contributed by atoms with Crippen molar-refractivity contribution < 1.29 is 19.1 Å². The Labute approximate surface area is 167 Å². The maximum Gasteiger partial charge on any atom is 0.226 e. The van der Waals surface area contributed by atoms with Gasteiger partial charge in [-0.1, -0.05) is 30.3 Å². The summed E-state index contributed by atoms with van der Waals surface area (Å²) in [5.74, 6) is 1.05. The average molecular weight is 396 g/mol.